The molecule has 0 aliphatic heterocycles. The van der Waals surface area contributed by atoms with Crippen molar-refractivity contribution in [2.45, 2.75) is 19.3 Å². The number of carbonyl (C=O) groups is 2. The molecule has 0 saturated carbocycles. The third-order valence-electron chi connectivity index (χ3n) is 2.42. The van der Waals surface area contributed by atoms with E-state index in [2.05, 4.69) is 6.58 Å². The van der Waals surface area contributed by atoms with Crippen molar-refractivity contribution in [2.75, 3.05) is 0 Å². The Kier molecular flexibility index (Phi) is 2.58. The van der Waals surface area contributed by atoms with Crippen molar-refractivity contribution in [3.05, 3.63) is 24.3 Å². The summed E-state index contributed by atoms with van der Waals surface area (Å²) >= 11 is 0. The van der Waals surface area contributed by atoms with Crippen LogP contribution in [0.15, 0.2) is 24.3 Å². The van der Waals surface area contributed by atoms with Crippen LogP contribution in [0.2, 0.25) is 0 Å². The number of carbonyl (C=O) groups excluding carboxylic acids is 2. The summed E-state index contributed by atoms with van der Waals surface area (Å²) in [6.07, 6.45) is 7.31. The van der Waals surface area contributed by atoms with Gasteiger partial charge in [-0.3, -0.25) is 4.79 Å². The molecule has 0 amide bonds. The van der Waals surface area contributed by atoms with Crippen molar-refractivity contribution in [1.29, 1.82) is 0 Å². The lowest BCUT2D eigenvalue weighted by Crippen LogP contribution is -2.22. The first kappa shape index (κ1) is 8.91. The molecule has 1 atom stereocenters. The lowest BCUT2D eigenvalue weighted by Gasteiger charge is -2.26. The van der Waals surface area contributed by atoms with E-state index in [-0.39, 0.29) is 0 Å². The molecule has 1 aliphatic rings. The van der Waals surface area contributed by atoms with E-state index in [1.165, 1.54) is 0 Å². The van der Waals surface area contributed by atoms with Crippen LogP contribution in [0.5, 0.6) is 0 Å². The van der Waals surface area contributed by atoms with Crippen LogP contribution in [0.3, 0.4) is 0 Å². The van der Waals surface area contributed by atoms with Gasteiger partial charge in [-0.1, -0.05) is 12.2 Å². The molecule has 1 aliphatic carbocycles. The number of allylic oxidation sites excluding steroid dienone is 3. The van der Waals surface area contributed by atoms with Crippen LogP contribution in [0.1, 0.15) is 19.3 Å². The van der Waals surface area contributed by atoms with Crippen LogP contribution < -0.4 is 0 Å². The molecule has 2 nitrogen and oxygen atoms in total. The Balaban J connectivity index is 2.77. The maximum Gasteiger partial charge on any atom is 0.145 e. The SMILES string of the molecule is C=CC1(C=O)CC=C(C=O)CC1. The van der Waals surface area contributed by atoms with Crippen molar-refractivity contribution in [3.63, 3.8) is 0 Å². The molecule has 0 bridgehead atoms. The lowest BCUT2D eigenvalue weighted by molar-refractivity contribution is -0.114. The van der Waals surface area contributed by atoms with Gasteiger partial charge in [0.05, 0.1) is 0 Å². The van der Waals surface area contributed by atoms with Crippen LogP contribution in [0.4, 0.5) is 0 Å². The molecule has 0 aromatic heterocycles. The highest BCUT2D eigenvalue weighted by atomic mass is 16.1. The minimum atomic E-state index is -0.410. The van der Waals surface area contributed by atoms with E-state index in [1.54, 1.807) is 6.08 Å². The molecule has 0 heterocycles. The molecule has 0 spiro atoms. The zero-order valence-electron chi connectivity index (χ0n) is 6.95. The van der Waals surface area contributed by atoms with Crippen LogP contribution in [-0.2, 0) is 9.59 Å². The molecule has 2 heteroatoms. The summed E-state index contributed by atoms with van der Waals surface area (Å²) in [5, 5.41) is 0. The summed E-state index contributed by atoms with van der Waals surface area (Å²) in [4.78, 5) is 21.1. The van der Waals surface area contributed by atoms with E-state index in [1.807, 2.05) is 6.08 Å². The Bertz CT molecular complexity index is 230. The topological polar surface area (TPSA) is 34.1 Å². The van der Waals surface area contributed by atoms with Gasteiger partial charge in [0.15, 0.2) is 0 Å². The van der Waals surface area contributed by atoms with Crippen molar-refractivity contribution in [1.82, 2.24) is 0 Å². The van der Waals surface area contributed by atoms with Gasteiger partial charge >= 0.3 is 0 Å². The van der Waals surface area contributed by atoms with E-state index in [0.717, 1.165) is 18.1 Å². The second kappa shape index (κ2) is 3.48. The summed E-state index contributed by atoms with van der Waals surface area (Å²) in [5.41, 5.74) is 0.390. The zero-order chi connectivity index (χ0) is 9.03. The molecule has 0 N–H and O–H groups in total. The van der Waals surface area contributed by atoms with Gasteiger partial charge in [0.25, 0.3) is 0 Å². The third-order valence-corrected chi connectivity index (χ3v) is 2.42. The Hall–Kier alpha value is -1.18. The number of hydrogen-bond acceptors (Lipinski definition) is 2. The number of rotatable bonds is 3. The molecular weight excluding hydrogens is 152 g/mol. The number of hydrogen-bond donors (Lipinski definition) is 0. The smallest absolute Gasteiger partial charge is 0.145 e. The van der Waals surface area contributed by atoms with E-state index in [9.17, 15) is 9.59 Å². The van der Waals surface area contributed by atoms with Crippen LogP contribution >= 0.6 is 0 Å². The fourth-order valence-corrected chi connectivity index (χ4v) is 1.35. The first-order chi connectivity index (χ1) is 5.76. The second-order valence-electron chi connectivity index (χ2n) is 3.16. The van der Waals surface area contributed by atoms with Gasteiger partial charge in [-0.25, -0.2) is 0 Å². The van der Waals surface area contributed by atoms with Gasteiger partial charge < -0.3 is 4.79 Å². The Morgan fingerprint density at radius 2 is 2.25 bits per heavy atom. The normalized spacial score (nSPS) is 28.8. The van der Waals surface area contributed by atoms with Crippen molar-refractivity contribution in [2.24, 2.45) is 5.41 Å². The monoisotopic (exact) mass is 164 g/mol. The first-order valence-electron chi connectivity index (χ1n) is 4.00. The maximum atomic E-state index is 10.7. The fourth-order valence-electron chi connectivity index (χ4n) is 1.35. The van der Waals surface area contributed by atoms with Crippen LogP contribution in [0.25, 0.3) is 0 Å². The van der Waals surface area contributed by atoms with Crippen molar-refractivity contribution >= 4 is 12.6 Å². The van der Waals surface area contributed by atoms with Crippen molar-refractivity contribution in [3.8, 4) is 0 Å². The largest absolute Gasteiger partial charge is 0.302 e. The minimum absolute atomic E-state index is 0.410. The molecule has 0 aromatic rings. The summed E-state index contributed by atoms with van der Waals surface area (Å²) in [6, 6.07) is 0. The zero-order valence-corrected chi connectivity index (χ0v) is 6.95. The highest BCUT2D eigenvalue weighted by Crippen LogP contribution is 2.33. The summed E-state index contributed by atoms with van der Waals surface area (Å²) < 4.78 is 0. The highest BCUT2D eigenvalue weighted by molar-refractivity contribution is 5.75. The van der Waals surface area contributed by atoms with Crippen molar-refractivity contribution < 1.29 is 9.59 Å². The van der Waals surface area contributed by atoms with Gasteiger partial charge in [-0.2, -0.15) is 0 Å². The predicted molar refractivity (Wildman–Crippen MR) is 46.7 cm³/mol. The average molecular weight is 164 g/mol. The molecule has 1 unspecified atom stereocenters. The van der Waals surface area contributed by atoms with Crippen LogP contribution in [-0.4, -0.2) is 12.6 Å². The molecule has 0 saturated heterocycles. The summed E-state index contributed by atoms with van der Waals surface area (Å²) in [7, 11) is 0. The van der Waals surface area contributed by atoms with Crippen LogP contribution in [0, 0.1) is 5.41 Å². The Labute approximate surface area is 72.0 Å². The van der Waals surface area contributed by atoms with E-state index in [0.29, 0.717) is 19.3 Å². The molecule has 0 fully saturated rings. The molecule has 64 valence electrons. The van der Waals surface area contributed by atoms with E-state index < -0.39 is 5.41 Å². The van der Waals surface area contributed by atoms with Gasteiger partial charge in [0.2, 0.25) is 0 Å². The maximum absolute atomic E-state index is 10.7. The van der Waals surface area contributed by atoms with Gasteiger partial charge in [0.1, 0.15) is 12.6 Å². The third kappa shape index (κ3) is 1.52. The Morgan fingerprint density at radius 1 is 1.50 bits per heavy atom. The average Bonchev–Trinajstić information content (AvgIpc) is 2.18. The number of aldehydes is 2. The minimum Gasteiger partial charge on any atom is -0.302 e. The van der Waals surface area contributed by atoms with Gasteiger partial charge in [-0.05, 0) is 24.8 Å². The highest BCUT2D eigenvalue weighted by Gasteiger charge is 2.27. The molecular formula is C10H12O2. The summed E-state index contributed by atoms with van der Waals surface area (Å²) in [5.74, 6) is 0. The van der Waals surface area contributed by atoms with E-state index in [4.69, 9.17) is 0 Å². The molecule has 1 rings (SSSR count). The molecule has 0 radical (unpaired) electrons. The quantitative estimate of drug-likeness (QED) is 0.469. The lowest BCUT2D eigenvalue weighted by atomic mass is 9.76. The van der Waals surface area contributed by atoms with Gasteiger partial charge in [-0.15, -0.1) is 6.58 Å². The Morgan fingerprint density at radius 3 is 2.58 bits per heavy atom. The molecule has 0 aromatic carbocycles. The predicted octanol–water partition coefficient (Wildman–Crippen LogP) is 1.67. The standard InChI is InChI=1S/C10H12O2/c1-2-10(8-12)5-3-9(7-11)4-6-10/h2-3,7-8H,1,4-6H2. The first-order valence-corrected chi connectivity index (χ1v) is 4.00. The second-order valence-corrected chi connectivity index (χ2v) is 3.16. The molecule has 12 heavy (non-hydrogen) atoms. The fraction of sp³-hybridized carbons (Fsp3) is 0.400. The summed E-state index contributed by atoms with van der Waals surface area (Å²) in [6.45, 7) is 3.63. The van der Waals surface area contributed by atoms with E-state index >= 15 is 0 Å². The van der Waals surface area contributed by atoms with Gasteiger partial charge in [0, 0.05) is 5.41 Å².